The van der Waals surface area contributed by atoms with Crippen LogP contribution < -0.4 is 10.0 Å². The number of nitro groups is 1. The summed E-state index contributed by atoms with van der Waals surface area (Å²) < 4.78 is 26.2. The minimum absolute atomic E-state index is 0.247. The van der Waals surface area contributed by atoms with E-state index in [0.29, 0.717) is 25.2 Å². The normalized spacial score (nSPS) is 13.8. The summed E-state index contributed by atoms with van der Waals surface area (Å²) >= 11 is 0. The molecule has 0 spiro atoms. The van der Waals surface area contributed by atoms with Crippen molar-refractivity contribution in [2.75, 3.05) is 11.4 Å². The fraction of sp³-hybridized carbons (Fsp3) is 0.250. The van der Waals surface area contributed by atoms with E-state index in [9.17, 15) is 18.5 Å². The predicted octanol–water partition coefficient (Wildman–Crippen LogP) is 2.24. The molecule has 4 rings (SSSR count). The van der Waals surface area contributed by atoms with Crippen molar-refractivity contribution in [2.45, 2.75) is 30.8 Å². The number of fused-ring (bicyclic) bond motifs is 1. The molecule has 0 saturated carbocycles. The van der Waals surface area contributed by atoms with Crippen LogP contribution in [0.4, 0.5) is 11.4 Å². The number of nitro benzene ring substituents is 1. The lowest BCUT2D eigenvalue weighted by Gasteiger charge is -2.30. The second-order valence-corrected chi connectivity index (χ2v) is 8.72. The molecular weight excluding hydrogens is 406 g/mol. The van der Waals surface area contributed by atoms with Crippen molar-refractivity contribution in [2.24, 2.45) is 5.14 Å². The van der Waals surface area contributed by atoms with Crippen LogP contribution in [0.5, 0.6) is 0 Å². The van der Waals surface area contributed by atoms with E-state index in [1.165, 1.54) is 17.7 Å². The van der Waals surface area contributed by atoms with Gasteiger partial charge in [-0.3, -0.25) is 10.1 Å². The molecule has 2 aromatic carbocycles. The van der Waals surface area contributed by atoms with Crippen molar-refractivity contribution in [1.82, 2.24) is 9.55 Å². The van der Waals surface area contributed by atoms with Gasteiger partial charge in [-0.05, 0) is 18.1 Å². The molecule has 0 saturated heterocycles. The molecule has 2 heterocycles. The van der Waals surface area contributed by atoms with Crippen molar-refractivity contribution < 1.29 is 13.3 Å². The van der Waals surface area contributed by atoms with E-state index < -0.39 is 14.9 Å². The van der Waals surface area contributed by atoms with E-state index in [0.717, 1.165) is 30.4 Å². The highest BCUT2D eigenvalue weighted by molar-refractivity contribution is 7.89. The molecule has 1 aromatic heterocycles. The topological polar surface area (TPSA) is 124 Å². The molecule has 2 N–H and O–H groups in total. The molecule has 0 radical (unpaired) electrons. The van der Waals surface area contributed by atoms with Gasteiger partial charge in [0.2, 0.25) is 10.0 Å². The molecule has 0 fully saturated rings. The maximum Gasteiger partial charge on any atom is 0.270 e. The van der Waals surface area contributed by atoms with Crippen LogP contribution in [-0.2, 0) is 36.0 Å². The summed E-state index contributed by atoms with van der Waals surface area (Å²) in [5.74, 6) is 0. The van der Waals surface area contributed by atoms with Gasteiger partial charge in [-0.2, -0.15) is 0 Å². The number of nitrogens with two attached hydrogens (primary N) is 1. The molecule has 156 valence electrons. The van der Waals surface area contributed by atoms with Crippen LogP contribution in [0, 0.1) is 10.1 Å². The minimum atomic E-state index is -4.12. The monoisotopic (exact) mass is 427 g/mol. The summed E-state index contributed by atoms with van der Waals surface area (Å²) in [7, 11) is -4.12. The molecule has 0 aliphatic carbocycles. The van der Waals surface area contributed by atoms with Crippen LogP contribution in [0.15, 0.2) is 59.8 Å². The van der Waals surface area contributed by atoms with Crippen molar-refractivity contribution in [1.29, 1.82) is 0 Å². The number of anilines is 1. The Morgan fingerprint density at radius 2 is 1.93 bits per heavy atom. The number of nitrogens with zero attached hydrogens (tertiary/aromatic N) is 4. The molecule has 9 nitrogen and oxygen atoms in total. The second-order valence-electron chi connectivity index (χ2n) is 7.19. The van der Waals surface area contributed by atoms with Gasteiger partial charge in [-0.15, -0.1) is 0 Å². The van der Waals surface area contributed by atoms with Crippen LogP contribution in [0.25, 0.3) is 0 Å². The Labute approximate surface area is 174 Å². The van der Waals surface area contributed by atoms with E-state index in [1.54, 1.807) is 0 Å². The van der Waals surface area contributed by atoms with Gasteiger partial charge in [0.15, 0.2) is 0 Å². The summed E-state index contributed by atoms with van der Waals surface area (Å²) in [5.41, 5.74) is 3.29. The van der Waals surface area contributed by atoms with Gasteiger partial charge in [0.05, 0.1) is 29.2 Å². The summed E-state index contributed by atoms with van der Waals surface area (Å²) in [6, 6.07) is 14.0. The first-order chi connectivity index (χ1) is 14.3. The smallest absolute Gasteiger partial charge is 0.270 e. The maximum absolute atomic E-state index is 12.0. The minimum Gasteiger partial charge on any atom is -0.364 e. The number of hydrogen-bond acceptors (Lipinski definition) is 6. The average molecular weight is 427 g/mol. The number of aryl methyl sites for hydroxylation is 2. The maximum atomic E-state index is 12.0. The van der Waals surface area contributed by atoms with E-state index in [4.69, 9.17) is 5.14 Å². The molecule has 0 amide bonds. The highest BCUT2D eigenvalue weighted by Gasteiger charge is 2.27. The van der Waals surface area contributed by atoms with Crippen LogP contribution in [0.3, 0.4) is 0 Å². The van der Waals surface area contributed by atoms with E-state index >= 15 is 0 Å². The zero-order chi connectivity index (χ0) is 21.3. The Morgan fingerprint density at radius 1 is 1.17 bits per heavy atom. The van der Waals surface area contributed by atoms with Gasteiger partial charge in [0.1, 0.15) is 4.90 Å². The number of imidazole rings is 1. The first-order valence-corrected chi connectivity index (χ1v) is 11.0. The molecule has 1 aliphatic rings. The van der Waals surface area contributed by atoms with Gasteiger partial charge in [-0.1, -0.05) is 30.3 Å². The van der Waals surface area contributed by atoms with E-state index in [-0.39, 0.29) is 10.6 Å². The summed E-state index contributed by atoms with van der Waals surface area (Å²) in [4.78, 5) is 16.5. The number of benzene rings is 2. The standard InChI is InChI=1S/C20H21N5O4S/c21-30(28,29)20-12-16(25(26)27)6-7-19(20)23-11-9-18-17(13-23)22-14-24(18)10-8-15-4-2-1-3-5-15/h1-7,12,14H,8-11,13H2,(H2,21,28,29). The summed E-state index contributed by atoms with van der Waals surface area (Å²) in [6.07, 6.45) is 3.39. The van der Waals surface area contributed by atoms with Gasteiger partial charge in [0.25, 0.3) is 5.69 Å². The lowest BCUT2D eigenvalue weighted by Crippen LogP contribution is -2.33. The third-order valence-electron chi connectivity index (χ3n) is 5.28. The zero-order valence-corrected chi connectivity index (χ0v) is 17.0. The predicted molar refractivity (Wildman–Crippen MR) is 112 cm³/mol. The SMILES string of the molecule is NS(=O)(=O)c1cc([N+](=O)[O-])ccc1N1CCc2c(ncn2CCc2ccccc2)C1. The number of non-ortho nitro benzene ring substituents is 1. The fourth-order valence-electron chi connectivity index (χ4n) is 3.77. The Bertz CT molecular complexity index is 1190. The first kappa shape index (κ1) is 20.0. The van der Waals surface area contributed by atoms with Crippen LogP contribution in [0.1, 0.15) is 17.0 Å². The number of sulfonamides is 1. The number of hydrogen-bond donors (Lipinski definition) is 1. The lowest BCUT2D eigenvalue weighted by molar-refractivity contribution is -0.385. The molecule has 0 unspecified atom stereocenters. The van der Waals surface area contributed by atoms with E-state index in [2.05, 4.69) is 21.7 Å². The van der Waals surface area contributed by atoms with Gasteiger partial charge in [-0.25, -0.2) is 18.5 Å². The van der Waals surface area contributed by atoms with Crippen LogP contribution in [-0.4, -0.2) is 29.4 Å². The molecule has 3 aromatic rings. The summed E-state index contributed by atoms with van der Waals surface area (Å²) in [6.45, 7) is 1.78. The Hall–Kier alpha value is -3.24. The van der Waals surface area contributed by atoms with Crippen molar-refractivity contribution >= 4 is 21.4 Å². The highest BCUT2D eigenvalue weighted by Crippen LogP contribution is 2.32. The first-order valence-electron chi connectivity index (χ1n) is 9.46. The lowest BCUT2D eigenvalue weighted by atomic mass is 10.1. The van der Waals surface area contributed by atoms with Crippen molar-refractivity contribution in [3.8, 4) is 0 Å². The number of aromatic nitrogens is 2. The third-order valence-corrected chi connectivity index (χ3v) is 6.22. The molecule has 10 heteroatoms. The van der Waals surface area contributed by atoms with Crippen LogP contribution in [0.2, 0.25) is 0 Å². The highest BCUT2D eigenvalue weighted by atomic mass is 32.2. The zero-order valence-electron chi connectivity index (χ0n) is 16.1. The number of primary sulfonamides is 1. The largest absolute Gasteiger partial charge is 0.364 e. The average Bonchev–Trinajstić information content (AvgIpc) is 3.14. The van der Waals surface area contributed by atoms with Gasteiger partial charge < -0.3 is 9.47 Å². The Balaban J connectivity index is 1.57. The van der Waals surface area contributed by atoms with Gasteiger partial charge >= 0.3 is 0 Å². The quantitative estimate of drug-likeness (QED) is 0.475. The molecule has 0 atom stereocenters. The molecular formula is C20H21N5O4S. The third kappa shape index (κ3) is 4.05. The van der Waals surface area contributed by atoms with Crippen molar-refractivity contribution in [3.63, 3.8) is 0 Å². The molecule has 0 bridgehead atoms. The second kappa shape index (κ2) is 7.88. The Kier molecular flexibility index (Phi) is 5.27. The fourth-order valence-corrected chi connectivity index (χ4v) is 4.54. The number of rotatable bonds is 6. The Morgan fingerprint density at radius 3 is 2.63 bits per heavy atom. The van der Waals surface area contributed by atoms with E-state index in [1.807, 2.05) is 29.4 Å². The molecule has 1 aliphatic heterocycles. The van der Waals surface area contributed by atoms with Gasteiger partial charge in [0, 0.05) is 37.3 Å². The van der Waals surface area contributed by atoms with Crippen molar-refractivity contribution in [3.05, 3.63) is 81.9 Å². The van der Waals surface area contributed by atoms with Crippen LogP contribution >= 0.6 is 0 Å². The summed E-state index contributed by atoms with van der Waals surface area (Å²) in [5, 5.41) is 16.4. The molecule has 30 heavy (non-hydrogen) atoms.